The van der Waals surface area contributed by atoms with E-state index in [4.69, 9.17) is 4.74 Å². The molecule has 11 heteroatoms. The predicted octanol–water partition coefficient (Wildman–Crippen LogP) is 4.71. The highest BCUT2D eigenvalue weighted by Crippen LogP contribution is 2.32. The van der Waals surface area contributed by atoms with Crippen LogP contribution in [0.5, 0.6) is 5.75 Å². The molecule has 0 heterocycles. The van der Waals surface area contributed by atoms with E-state index in [9.17, 15) is 26.4 Å². The first kappa shape index (κ1) is 24.0. The lowest BCUT2D eigenvalue weighted by atomic mass is 10.0. The van der Waals surface area contributed by atoms with Gasteiger partial charge in [0.25, 0.3) is 10.0 Å². The molecule has 0 aromatic heterocycles. The molecular weight excluding hydrogens is 443 g/mol. The van der Waals surface area contributed by atoms with Crippen LogP contribution in [-0.4, -0.2) is 38.1 Å². The Balaban J connectivity index is 2.34. The average molecular weight is 463 g/mol. The Bertz CT molecular complexity index is 1020. The number of aryl methyl sites for hydroxylation is 1. The summed E-state index contributed by atoms with van der Waals surface area (Å²) < 4.78 is 72.7. The molecule has 0 atom stereocenters. The number of alkyl halides is 3. The number of hydrogen-bond donors (Lipinski definition) is 0. The molecule has 164 valence electrons. The van der Waals surface area contributed by atoms with E-state index in [2.05, 4.69) is 4.74 Å². The minimum atomic E-state index is -4.81. The quantitative estimate of drug-likeness (QED) is 0.438. The van der Waals surface area contributed by atoms with Crippen molar-refractivity contribution in [1.29, 1.82) is 0 Å². The van der Waals surface area contributed by atoms with E-state index in [0.717, 1.165) is 27.8 Å². The summed E-state index contributed by atoms with van der Waals surface area (Å²) in [6.45, 7) is 5.07. The number of carbonyl (C=O) groups excluding carboxylic acids is 1. The second-order valence-electron chi connectivity index (χ2n) is 6.14. The second kappa shape index (κ2) is 9.27. The number of sulfonamides is 1. The Morgan fingerprint density at radius 3 is 2.23 bits per heavy atom. The topological polar surface area (TPSA) is 72.9 Å². The number of esters is 1. The van der Waals surface area contributed by atoms with E-state index in [1.807, 2.05) is 0 Å². The number of methoxy groups -OCH3 is 1. The van der Waals surface area contributed by atoms with Gasteiger partial charge in [-0.2, -0.15) is 0 Å². The van der Waals surface area contributed by atoms with Crippen LogP contribution in [0.25, 0.3) is 0 Å². The molecule has 2 aromatic rings. The molecule has 0 saturated heterocycles. The molecule has 30 heavy (non-hydrogen) atoms. The van der Waals surface area contributed by atoms with Crippen LogP contribution < -0.4 is 4.74 Å². The van der Waals surface area contributed by atoms with E-state index in [-0.39, 0.29) is 17.0 Å². The Morgan fingerprint density at radius 1 is 1.13 bits per heavy atom. The van der Waals surface area contributed by atoms with Crippen molar-refractivity contribution in [3.05, 3.63) is 53.1 Å². The first-order valence-electron chi connectivity index (χ1n) is 8.65. The normalized spacial score (nSPS) is 12.1. The number of halogens is 3. The van der Waals surface area contributed by atoms with Crippen molar-refractivity contribution >= 4 is 27.9 Å². The molecule has 0 bridgehead atoms. The number of hydrogen-bond acceptors (Lipinski definition) is 6. The molecule has 0 aliphatic rings. The molecule has 0 aliphatic carbocycles. The molecule has 0 spiro atoms. The summed E-state index contributed by atoms with van der Waals surface area (Å²) in [5.41, 5.74) is 1.36. The van der Waals surface area contributed by atoms with Crippen LogP contribution in [0.4, 0.5) is 13.2 Å². The summed E-state index contributed by atoms with van der Waals surface area (Å²) in [4.78, 5) is 12.3. The molecule has 0 saturated carbocycles. The minimum absolute atomic E-state index is 0.0777. The van der Waals surface area contributed by atoms with Gasteiger partial charge in [-0.25, -0.2) is 13.2 Å². The van der Waals surface area contributed by atoms with Crippen LogP contribution in [0.3, 0.4) is 0 Å². The molecule has 0 aliphatic heterocycles. The number of ether oxygens (including phenoxy) is 2. The lowest BCUT2D eigenvalue weighted by Gasteiger charge is -2.21. The van der Waals surface area contributed by atoms with Crippen LogP contribution in [0.2, 0.25) is 0 Å². The van der Waals surface area contributed by atoms with Gasteiger partial charge in [-0.3, -0.25) is 0 Å². The number of carbonyl (C=O) groups is 1. The minimum Gasteiger partial charge on any atom is -0.465 e. The summed E-state index contributed by atoms with van der Waals surface area (Å²) in [6.07, 6.45) is -4.81. The highest BCUT2D eigenvalue weighted by molar-refractivity contribution is 8.08. The van der Waals surface area contributed by atoms with Gasteiger partial charge < -0.3 is 9.47 Å². The SMILES string of the molecule is CCN(Sc1ccc(OC(F)(F)F)cc1)S(=O)(=O)c1cc(C)c(C)c(C(=O)OC)c1. The maximum Gasteiger partial charge on any atom is 0.573 e. The summed E-state index contributed by atoms with van der Waals surface area (Å²) in [5, 5.41) is 0. The number of rotatable bonds is 7. The van der Waals surface area contributed by atoms with Gasteiger partial charge in [0.2, 0.25) is 0 Å². The lowest BCUT2D eigenvalue weighted by Crippen LogP contribution is -2.25. The van der Waals surface area contributed by atoms with Crippen LogP contribution in [0.1, 0.15) is 28.4 Å². The fourth-order valence-corrected chi connectivity index (χ4v) is 5.22. The van der Waals surface area contributed by atoms with Crippen molar-refractivity contribution in [2.24, 2.45) is 0 Å². The van der Waals surface area contributed by atoms with Crippen molar-refractivity contribution in [3.63, 3.8) is 0 Å². The summed E-state index contributed by atoms with van der Waals surface area (Å²) >= 11 is 0.840. The zero-order valence-corrected chi connectivity index (χ0v) is 18.2. The lowest BCUT2D eigenvalue weighted by molar-refractivity contribution is -0.274. The number of nitrogens with zero attached hydrogens (tertiary/aromatic N) is 1. The average Bonchev–Trinajstić information content (AvgIpc) is 2.67. The molecule has 0 fully saturated rings. The summed E-state index contributed by atoms with van der Waals surface area (Å²) in [6, 6.07) is 7.56. The molecule has 2 rings (SSSR count). The van der Waals surface area contributed by atoms with Crippen LogP contribution >= 0.6 is 11.9 Å². The zero-order valence-electron chi connectivity index (χ0n) is 16.6. The fourth-order valence-electron chi connectivity index (χ4n) is 2.52. The molecule has 0 unspecified atom stereocenters. The van der Waals surface area contributed by atoms with Gasteiger partial charge in [0, 0.05) is 11.4 Å². The van der Waals surface area contributed by atoms with Crippen molar-refractivity contribution in [1.82, 2.24) is 3.71 Å². The Hall–Kier alpha value is -2.24. The third kappa shape index (κ3) is 5.67. The van der Waals surface area contributed by atoms with E-state index in [1.165, 1.54) is 31.4 Å². The molecule has 0 radical (unpaired) electrons. The standard InChI is InChI=1S/C19H20F3NO5S2/c1-5-23(29-15-8-6-14(7-9-15)28-19(20,21)22)30(25,26)16-10-12(2)13(3)17(11-16)18(24)27-4/h6-11H,5H2,1-4H3. The van der Waals surface area contributed by atoms with Gasteiger partial charge in [0.15, 0.2) is 0 Å². The monoisotopic (exact) mass is 463 g/mol. The largest absolute Gasteiger partial charge is 0.573 e. The van der Waals surface area contributed by atoms with Crippen LogP contribution in [0, 0.1) is 13.8 Å². The number of benzene rings is 2. The summed E-state index contributed by atoms with van der Waals surface area (Å²) in [7, 11) is -2.81. The molecule has 2 aromatic carbocycles. The predicted molar refractivity (Wildman–Crippen MR) is 106 cm³/mol. The van der Waals surface area contributed by atoms with E-state index in [1.54, 1.807) is 20.8 Å². The maximum absolute atomic E-state index is 13.1. The molecule has 0 N–H and O–H groups in total. The Labute approximate surface area is 177 Å². The van der Waals surface area contributed by atoms with Gasteiger partial charge in [0.1, 0.15) is 5.75 Å². The van der Waals surface area contributed by atoms with E-state index >= 15 is 0 Å². The molecule has 6 nitrogen and oxygen atoms in total. The highest BCUT2D eigenvalue weighted by Gasteiger charge is 2.31. The highest BCUT2D eigenvalue weighted by atomic mass is 32.3. The van der Waals surface area contributed by atoms with Gasteiger partial charge in [0.05, 0.1) is 17.6 Å². The Morgan fingerprint density at radius 2 is 1.73 bits per heavy atom. The van der Waals surface area contributed by atoms with Crippen LogP contribution in [0.15, 0.2) is 46.2 Å². The van der Waals surface area contributed by atoms with E-state index in [0.29, 0.717) is 16.0 Å². The molecular formula is C19H20F3NO5S2. The van der Waals surface area contributed by atoms with Gasteiger partial charge in [-0.15, -0.1) is 16.9 Å². The Kier molecular flexibility index (Phi) is 7.43. The first-order valence-corrected chi connectivity index (χ1v) is 10.9. The van der Waals surface area contributed by atoms with Crippen molar-refractivity contribution in [2.75, 3.05) is 13.7 Å². The van der Waals surface area contributed by atoms with Crippen molar-refractivity contribution in [2.45, 2.75) is 36.9 Å². The zero-order chi connectivity index (χ0) is 22.7. The van der Waals surface area contributed by atoms with Gasteiger partial charge >= 0.3 is 12.3 Å². The summed E-state index contributed by atoms with van der Waals surface area (Å²) in [5.74, 6) is -1.06. The van der Waals surface area contributed by atoms with Gasteiger partial charge in [-0.05, 0) is 73.3 Å². The first-order chi connectivity index (χ1) is 13.9. The van der Waals surface area contributed by atoms with Crippen molar-refractivity contribution < 1.29 is 35.9 Å². The fraction of sp³-hybridized carbons (Fsp3) is 0.316. The van der Waals surface area contributed by atoms with Crippen LogP contribution in [-0.2, 0) is 14.8 Å². The smallest absolute Gasteiger partial charge is 0.465 e. The van der Waals surface area contributed by atoms with E-state index < -0.39 is 28.1 Å². The van der Waals surface area contributed by atoms with Gasteiger partial charge in [-0.1, -0.05) is 6.92 Å². The molecule has 0 amide bonds. The maximum atomic E-state index is 13.1. The third-order valence-electron chi connectivity index (χ3n) is 4.13. The third-order valence-corrected chi connectivity index (χ3v) is 7.52. The second-order valence-corrected chi connectivity index (χ2v) is 9.33. The van der Waals surface area contributed by atoms with Crippen molar-refractivity contribution in [3.8, 4) is 5.75 Å².